The maximum Gasteiger partial charge on any atom is 0.255 e. The molecule has 2 aromatic carbocycles. The SMILES string of the molecule is CC(=O)N1CCN(C(=O)c2ccc(/C=C/c3n[nH]c4ccccc34)cc2Cl)CC1. The van der Waals surface area contributed by atoms with Crippen LogP contribution in [0.1, 0.15) is 28.5 Å². The monoisotopic (exact) mass is 408 g/mol. The molecule has 2 amide bonds. The third-order valence-corrected chi connectivity index (χ3v) is 5.48. The Morgan fingerprint density at radius 1 is 1.03 bits per heavy atom. The van der Waals surface area contributed by atoms with Gasteiger partial charge in [0, 0.05) is 38.5 Å². The molecule has 0 radical (unpaired) electrons. The number of benzene rings is 2. The van der Waals surface area contributed by atoms with Crippen molar-refractivity contribution in [2.24, 2.45) is 0 Å². The number of para-hydroxylation sites is 1. The Balaban J connectivity index is 1.48. The van der Waals surface area contributed by atoms with Crippen LogP contribution in [-0.2, 0) is 4.79 Å². The molecule has 0 saturated carbocycles. The van der Waals surface area contributed by atoms with E-state index < -0.39 is 0 Å². The molecule has 0 spiro atoms. The summed E-state index contributed by atoms with van der Waals surface area (Å²) in [6.45, 7) is 3.69. The zero-order valence-electron chi connectivity index (χ0n) is 16.1. The van der Waals surface area contributed by atoms with Crippen LogP contribution in [0, 0.1) is 0 Å². The van der Waals surface area contributed by atoms with Crippen LogP contribution in [0.4, 0.5) is 0 Å². The molecule has 1 aliphatic heterocycles. The van der Waals surface area contributed by atoms with Gasteiger partial charge in [-0.3, -0.25) is 14.7 Å². The number of H-pyrrole nitrogens is 1. The summed E-state index contributed by atoms with van der Waals surface area (Å²) in [5.74, 6) is -0.0667. The van der Waals surface area contributed by atoms with Crippen LogP contribution >= 0.6 is 11.6 Å². The van der Waals surface area contributed by atoms with Crippen molar-refractivity contribution in [2.75, 3.05) is 26.2 Å². The topological polar surface area (TPSA) is 69.3 Å². The van der Waals surface area contributed by atoms with Crippen molar-refractivity contribution < 1.29 is 9.59 Å². The fraction of sp³-hybridized carbons (Fsp3) is 0.227. The van der Waals surface area contributed by atoms with E-state index in [4.69, 9.17) is 11.6 Å². The second-order valence-corrected chi connectivity index (χ2v) is 7.43. The Morgan fingerprint density at radius 2 is 1.76 bits per heavy atom. The van der Waals surface area contributed by atoms with E-state index in [0.717, 1.165) is 22.2 Å². The van der Waals surface area contributed by atoms with Crippen LogP contribution < -0.4 is 0 Å². The lowest BCUT2D eigenvalue weighted by Gasteiger charge is -2.34. The average Bonchev–Trinajstić information content (AvgIpc) is 3.15. The normalized spacial score (nSPS) is 14.7. The quantitative estimate of drug-likeness (QED) is 0.718. The summed E-state index contributed by atoms with van der Waals surface area (Å²) in [7, 11) is 0. The van der Waals surface area contributed by atoms with Gasteiger partial charge in [-0.2, -0.15) is 5.10 Å². The summed E-state index contributed by atoms with van der Waals surface area (Å²) in [4.78, 5) is 27.7. The molecule has 1 saturated heterocycles. The molecule has 3 aromatic rings. The van der Waals surface area contributed by atoms with Crippen molar-refractivity contribution in [3.05, 3.63) is 64.3 Å². The average molecular weight is 409 g/mol. The first-order valence-electron chi connectivity index (χ1n) is 9.48. The number of aromatic amines is 1. The first-order chi connectivity index (χ1) is 14.0. The maximum absolute atomic E-state index is 12.8. The lowest BCUT2D eigenvalue weighted by Crippen LogP contribution is -2.50. The van der Waals surface area contributed by atoms with E-state index in [1.54, 1.807) is 28.9 Å². The summed E-state index contributed by atoms with van der Waals surface area (Å²) in [5.41, 5.74) is 3.20. The molecule has 7 heteroatoms. The number of aromatic nitrogens is 2. The number of hydrogen-bond acceptors (Lipinski definition) is 3. The van der Waals surface area contributed by atoms with Gasteiger partial charge in [0.15, 0.2) is 0 Å². The van der Waals surface area contributed by atoms with Crippen molar-refractivity contribution in [2.45, 2.75) is 6.92 Å². The van der Waals surface area contributed by atoms with Crippen molar-refractivity contribution >= 4 is 46.5 Å². The van der Waals surface area contributed by atoms with Crippen LogP contribution in [0.3, 0.4) is 0 Å². The molecule has 2 heterocycles. The minimum Gasteiger partial charge on any atom is -0.339 e. The van der Waals surface area contributed by atoms with E-state index in [1.165, 1.54) is 0 Å². The van der Waals surface area contributed by atoms with Gasteiger partial charge in [0.25, 0.3) is 5.91 Å². The Hall–Kier alpha value is -3.12. The van der Waals surface area contributed by atoms with Gasteiger partial charge in [0.05, 0.1) is 21.8 Å². The molecule has 29 heavy (non-hydrogen) atoms. The Morgan fingerprint density at radius 3 is 2.48 bits per heavy atom. The summed E-state index contributed by atoms with van der Waals surface area (Å²) >= 11 is 6.41. The smallest absolute Gasteiger partial charge is 0.255 e. The fourth-order valence-corrected chi connectivity index (χ4v) is 3.76. The number of hydrogen-bond donors (Lipinski definition) is 1. The number of carbonyl (C=O) groups excluding carboxylic acids is 2. The minimum absolute atomic E-state index is 0.0379. The first-order valence-corrected chi connectivity index (χ1v) is 9.86. The molecule has 0 atom stereocenters. The van der Waals surface area contributed by atoms with Gasteiger partial charge in [-0.25, -0.2) is 0 Å². The number of halogens is 1. The largest absolute Gasteiger partial charge is 0.339 e. The third-order valence-electron chi connectivity index (χ3n) is 5.17. The molecule has 1 aromatic heterocycles. The number of rotatable bonds is 3. The molecular weight excluding hydrogens is 388 g/mol. The van der Waals surface area contributed by atoms with Gasteiger partial charge in [0.2, 0.25) is 5.91 Å². The van der Waals surface area contributed by atoms with E-state index in [1.807, 2.05) is 42.5 Å². The van der Waals surface area contributed by atoms with Gasteiger partial charge >= 0.3 is 0 Å². The van der Waals surface area contributed by atoms with Crippen LogP contribution in [0.2, 0.25) is 5.02 Å². The number of nitrogens with zero attached hydrogens (tertiary/aromatic N) is 3. The standard InChI is InChI=1S/C22H21ClN4O2/c1-15(28)26-10-12-27(13-11-26)22(29)17-8-6-16(14-19(17)23)7-9-21-18-4-2-3-5-20(18)24-25-21/h2-9,14H,10-13H2,1H3,(H,24,25)/b9-7+. The molecule has 0 aliphatic carbocycles. The number of piperazine rings is 1. The molecular formula is C22H21ClN4O2. The fourth-order valence-electron chi connectivity index (χ4n) is 3.49. The highest BCUT2D eigenvalue weighted by Crippen LogP contribution is 2.23. The number of amides is 2. The highest BCUT2D eigenvalue weighted by atomic mass is 35.5. The highest BCUT2D eigenvalue weighted by molar-refractivity contribution is 6.34. The number of carbonyl (C=O) groups is 2. The van der Waals surface area contributed by atoms with Crippen molar-refractivity contribution in [1.29, 1.82) is 0 Å². The predicted octanol–water partition coefficient (Wildman–Crippen LogP) is 3.69. The van der Waals surface area contributed by atoms with Gasteiger partial charge in [-0.1, -0.05) is 41.9 Å². The lowest BCUT2D eigenvalue weighted by atomic mass is 10.1. The van der Waals surface area contributed by atoms with Crippen molar-refractivity contribution in [1.82, 2.24) is 20.0 Å². The van der Waals surface area contributed by atoms with E-state index in [0.29, 0.717) is 36.8 Å². The number of fused-ring (bicyclic) bond motifs is 1. The molecule has 1 fully saturated rings. The zero-order valence-corrected chi connectivity index (χ0v) is 16.8. The highest BCUT2D eigenvalue weighted by Gasteiger charge is 2.24. The van der Waals surface area contributed by atoms with Crippen LogP contribution in [0.5, 0.6) is 0 Å². The summed E-state index contributed by atoms with van der Waals surface area (Å²) < 4.78 is 0. The van der Waals surface area contributed by atoms with E-state index in [2.05, 4.69) is 10.2 Å². The summed E-state index contributed by atoms with van der Waals surface area (Å²) in [5, 5.41) is 8.79. The third kappa shape index (κ3) is 4.03. The molecule has 6 nitrogen and oxygen atoms in total. The molecule has 1 N–H and O–H groups in total. The number of nitrogens with one attached hydrogen (secondary N) is 1. The minimum atomic E-state index is -0.105. The van der Waals surface area contributed by atoms with Gasteiger partial charge in [-0.15, -0.1) is 0 Å². The van der Waals surface area contributed by atoms with Crippen LogP contribution in [0.15, 0.2) is 42.5 Å². The lowest BCUT2D eigenvalue weighted by molar-refractivity contribution is -0.130. The van der Waals surface area contributed by atoms with E-state index in [9.17, 15) is 9.59 Å². The van der Waals surface area contributed by atoms with Crippen LogP contribution in [0.25, 0.3) is 23.1 Å². The van der Waals surface area contributed by atoms with E-state index >= 15 is 0 Å². The summed E-state index contributed by atoms with van der Waals surface area (Å²) in [6, 6.07) is 13.3. The molecule has 1 aliphatic rings. The van der Waals surface area contributed by atoms with Crippen molar-refractivity contribution in [3.63, 3.8) is 0 Å². The Kier molecular flexibility index (Phi) is 5.36. The van der Waals surface area contributed by atoms with Gasteiger partial charge in [0.1, 0.15) is 0 Å². The predicted molar refractivity (Wildman–Crippen MR) is 115 cm³/mol. The second-order valence-electron chi connectivity index (χ2n) is 7.03. The first kappa shape index (κ1) is 19.2. The zero-order chi connectivity index (χ0) is 20.4. The van der Waals surface area contributed by atoms with Gasteiger partial charge in [-0.05, 0) is 29.8 Å². The molecule has 4 rings (SSSR count). The van der Waals surface area contributed by atoms with Crippen LogP contribution in [-0.4, -0.2) is 58.0 Å². The molecule has 0 unspecified atom stereocenters. The van der Waals surface area contributed by atoms with Gasteiger partial charge < -0.3 is 9.80 Å². The Bertz CT molecular complexity index is 1100. The summed E-state index contributed by atoms with van der Waals surface area (Å²) in [6.07, 6.45) is 3.85. The maximum atomic E-state index is 12.8. The molecule has 148 valence electrons. The molecule has 0 bridgehead atoms. The van der Waals surface area contributed by atoms with Crippen molar-refractivity contribution in [3.8, 4) is 0 Å². The second kappa shape index (κ2) is 8.09. The Labute approximate surface area is 173 Å². The van der Waals surface area contributed by atoms with E-state index in [-0.39, 0.29) is 11.8 Å².